The Bertz CT molecular complexity index is 634. The smallest absolute Gasteiger partial charge is 0.128 e. The van der Waals surface area contributed by atoms with Gasteiger partial charge in [0.25, 0.3) is 0 Å². The molecule has 1 N–H and O–H groups in total. The number of nitrogens with one attached hydrogen (secondary N) is 1. The van der Waals surface area contributed by atoms with Crippen LogP contribution in [0.3, 0.4) is 0 Å². The van der Waals surface area contributed by atoms with Crippen molar-refractivity contribution in [3.8, 4) is 5.75 Å². The first-order chi connectivity index (χ1) is 10.1. The molecule has 0 heterocycles. The topological polar surface area (TPSA) is 21.3 Å². The molecule has 0 amide bonds. The first kappa shape index (κ1) is 16.1. The number of rotatable bonds is 5. The highest BCUT2D eigenvalue weighted by molar-refractivity contribution is 6.31. The highest BCUT2D eigenvalue weighted by atomic mass is 35.5. The molecule has 2 rings (SSSR count). The van der Waals surface area contributed by atoms with Crippen molar-refractivity contribution >= 4 is 23.2 Å². The molecule has 1 unspecified atom stereocenters. The average Bonchev–Trinajstić information content (AvgIpc) is 2.47. The van der Waals surface area contributed by atoms with Crippen molar-refractivity contribution in [1.82, 2.24) is 5.32 Å². The van der Waals surface area contributed by atoms with Gasteiger partial charge >= 0.3 is 0 Å². The van der Waals surface area contributed by atoms with Crippen LogP contribution in [-0.2, 0) is 0 Å². The molecule has 0 aliphatic heterocycles. The minimum absolute atomic E-state index is 0.327. The summed E-state index contributed by atoms with van der Waals surface area (Å²) in [7, 11) is 1.57. The van der Waals surface area contributed by atoms with E-state index in [1.165, 1.54) is 12.1 Å². The van der Waals surface area contributed by atoms with Crippen LogP contribution >= 0.6 is 23.2 Å². The van der Waals surface area contributed by atoms with Crippen LogP contribution in [0, 0.1) is 5.82 Å². The van der Waals surface area contributed by atoms with Gasteiger partial charge in [-0.15, -0.1) is 0 Å². The lowest BCUT2D eigenvalue weighted by atomic mass is 9.97. The second-order valence-corrected chi connectivity index (χ2v) is 5.42. The van der Waals surface area contributed by atoms with E-state index in [-0.39, 0.29) is 11.9 Å². The maximum absolute atomic E-state index is 14.2. The summed E-state index contributed by atoms with van der Waals surface area (Å²) in [6.07, 6.45) is 0. The van der Waals surface area contributed by atoms with E-state index in [2.05, 4.69) is 5.32 Å². The fourth-order valence-corrected chi connectivity index (χ4v) is 2.62. The van der Waals surface area contributed by atoms with Gasteiger partial charge in [0.2, 0.25) is 0 Å². The molecule has 0 bridgehead atoms. The van der Waals surface area contributed by atoms with Crippen LogP contribution in [0.5, 0.6) is 5.75 Å². The van der Waals surface area contributed by atoms with Crippen LogP contribution < -0.4 is 10.1 Å². The van der Waals surface area contributed by atoms with Gasteiger partial charge in [-0.25, -0.2) is 4.39 Å². The Morgan fingerprint density at radius 3 is 2.33 bits per heavy atom. The summed E-state index contributed by atoms with van der Waals surface area (Å²) in [6, 6.07) is 9.39. The van der Waals surface area contributed by atoms with E-state index in [0.29, 0.717) is 27.9 Å². The normalized spacial score (nSPS) is 12.2. The maximum atomic E-state index is 14.2. The lowest BCUT2D eigenvalue weighted by molar-refractivity contribution is 0.403. The molecule has 0 radical (unpaired) electrons. The Labute approximate surface area is 133 Å². The Kier molecular flexibility index (Phi) is 5.45. The van der Waals surface area contributed by atoms with Crippen molar-refractivity contribution in [3.63, 3.8) is 0 Å². The van der Waals surface area contributed by atoms with E-state index in [4.69, 9.17) is 27.9 Å². The molecule has 0 saturated carbocycles. The number of benzene rings is 2. The largest absolute Gasteiger partial charge is 0.496 e. The van der Waals surface area contributed by atoms with E-state index >= 15 is 0 Å². The second kappa shape index (κ2) is 7.12. The molecule has 0 fully saturated rings. The Morgan fingerprint density at radius 2 is 1.71 bits per heavy atom. The standard InChI is InChI=1S/C16H16Cl2FNO/c1-3-20-16(12-8-10(17)4-6-14(12)19)13-9-11(18)5-7-15(13)21-2/h4-9,16,20H,3H2,1-2H3. The summed E-state index contributed by atoms with van der Waals surface area (Å²) in [6.45, 7) is 2.61. The summed E-state index contributed by atoms with van der Waals surface area (Å²) in [5.41, 5.74) is 1.23. The van der Waals surface area contributed by atoms with Crippen LogP contribution in [0.15, 0.2) is 36.4 Å². The molecule has 21 heavy (non-hydrogen) atoms. The SMILES string of the molecule is CCNC(c1cc(Cl)ccc1F)c1cc(Cl)ccc1OC. The molecular formula is C16H16Cl2FNO. The zero-order valence-electron chi connectivity index (χ0n) is 11.8. The van der Waals surface area contributed by atoms with E-state index in [1.54, 1.807) is 31.4 Å². The quantitative estimate of drug-likeness (QED) is 0.848. The van der Waals surface area contributed by atoms with E-state index in [1.807, 2.05) is 6.92 Å². The molecule has 5 heteroatoms. The van der Waals surface area contributed by atoms with E-state index in [9.17, 15) is 4.39 Å². The Balaban J connectivity index is 2.58. The summed E-state index contributed by atoms with van der Waals surface area (Å²) in [5.74, 6) is 0.317. The second-order valence-electron chi connectivity index (χ2n) is 4.54. The Hall–Kier alpha value is -1.29. The van der Waals surface area contributed by atoms with E-state index < -0.39 is 0 Å². The Morgan fingerprint density at radius 1 is 1.10 bits per heavy atom. The minimum atomic E-state index is -0.387. The van der Waals surface area contributed by atoms with E-state index in [0.717, 1.165) is 5.56 Å². The molecule has 0 aromatic heterocycles. The fraction of sp³-hybridized carbons (Fsp3) is 0.250. The van der Waals surface area contributed by atoms with Gasteiger partial charge in [0.15, 0.2) is 0 Å². The summed E-state index contributed by atoms with van der Waals surface area (Å²) >= 11 is 12.1. The molecule has 0 aliphatic carbocycles. The van der Waals surface area contributed by atoms with Crippen molar-refractivity contribution in [1.29, 1.82) is 0 Å². The molecule has 0 aliphatic rings. The van der Waals surface area contributed by atoms with Crippen LogP contribution in [-0.4, -0.2) is 13.7 Å². The highest BCUT2D eigenvalue weighted by Crippen LogP contribution is 2.34. The van der Waals surface area contributed by atoms with Gasteiger partial charge in [0.05, 0.1) is 13.2 Å². The number of ether oxygens (including phenoxy) is 1. The molecular weight excluding hydrogens is 312 g/mol. The van der Waals surface area contributed by atoms with Gasteiger partial charge in [-0.1, -0.05) is 30.1 Å². The summed E-state index contributed by atoms with van der Waals surface area (Å²) < 4.78 is 19.6. The van der Waals surface area contributed by atoms with Crippen molar-refractivity contribution in [2.75, 3.05) is 13.7 Å². The number of hydrogen-bond donors (Lipinski definition) is 1. The lowest BCUT2D eigenvalue weighted by Crippen LogP contribution is -2.23. The molecule has 2 aromatic rings. The number of hydrogen-bond acceptors (Lipinski definition) is 2. The average molecular weight is 328 g/mol. The molecule has 112 valence electrons. The fourth-order valence-electron chi connectivity index (χ4n) is 2.26. The monoisotopic (exact) mass is 327 g/mol. The summed E-state index contributed by atoms with van der Waals surface area (Å²) in [5, 5.41) is 4.30. The molecule has 0 spiro atoms. The molecule has 1 atom stereocenters. The molecule has 2 aromatic carbocycles. The molecule has 2 nitrogen and oxygen atoms in total. The van der Waals surface area contributed by atoms with Crippen molar-refractivity contribution < 1.29 is 9.13 Å². The number of halogens is 3. The first-order valence-electron chi connectivity index (χ1n) is 6.58. The lowest BCUT2D eigenvalue weighted by Gasteiger charge is -2.22. The minimum Gasteiger partial charge on any atom is -0.496 e. The van der Waals surface area contributed by atoms with Gasteiger partial charge in [-0.2, -0.15) is 0 Å². The summed E-state index contributed by atoms with van der Waals surface area (Å²) in [4.78, 5) is 0. The van der Waals surface area contributed by atoms with Gasteiger partial charge in [-0.05, 0) is 42.9 Å². The predicted molar refractivity (Wildman–Crippen MR) is 84.9 cm³/mol. The van der Waals surface area contributed by atoms with Crippen LogP contribution in [0.1, 0.15) is 24.1 Å². The van der Waals surface area contributed by atoms with Crippen molar-refractivity contribution in [2.45, 2.75) is 13.0 Å². The van der Waals surface area contributed by atoms with Crippen LogP contribution in [0.25, 0.3) is 0 Å². The van der Waals surface area contributed by atoms with Gasteiger partial charge in [0.1, 0.15) is 11.6 Å². The van der Waals surface area contributed by atoms with Crippen molar-refractivity contribution in [2.24, 2.45) is 0 Å². The zero-order valence-corrected chi connectivity index (χ0v) is 13.3. The van der Waals surface area contributed by atoms with Gasteiger partial charge in [0, 0.05) is 21.2 Å². The first-order valence-corrected chi connectivity index (χ1v) is 7.34. The third-order valence-electron chi connectivity index (χ3n) is 3.18. The van der Waals surface area contributed by atoms with Crippen molar-refractivity contribution in [3.05, 3.63) is 63.4 Å². The third-order valence-corrected chi connectivity index (χ3v) is 3.65. The third kappa shape index (κ3) is 3.67. The van der Waals surface area contributed by atoms with Crippen LogP contribution in [0.4, 0.5) is 4.39 Å². The molecule has 0 saturated heterocycles. The zero-order chi connectivity index (χ0) is 15.4. The maximum Gasteiger partial charge on any atom is 0.128 e. The van der Waals surface area contributed by atoms with Gasteiger partial charge < -0.3 is 10.1 Å². The predicted octanol–water partition coefficient (Wildman–Crippen LogP) is 4.84. The van der Waals surface area contributed by atoms with Crippen LogP contribution in [0.2, 0.25) is 10.0 Å². The van der Waals surface area contributed by atoms with Gasteiger partial charge in [-0.3, -0.25) is 0 Å². The highest BCUT2D eigenvalue weighted by Gasteiger charge is 2.21. The number of methoxy groups -OCH3 is 1.